The molecule has 3 aromatic heterocycles. The molecule has 0 saturated carbocycles. The van der Waals surface area contributed by atoms with E-state index in [4.69, 9.17) is 9.72 Å². The third-order valence-corrected chi connectivity index (χ3v) is 5.37. The van der Waals surface area contributed by atoms with Gasteiger partial charge >= 0.3 is 0 Å². The number of aryl methyl sites for hydroxylation is 1. The topological polar surface area (TPSA) is 45.9 Å². The average Bonchev–Trinajstić information content (AvgIpc) is 3.11. The van der Waals surface area contributed by atoms with E-state index in [0.29, 0.717) is 6.61 Å². The van der Waals surface area contributed by atoms with Crippen LogP contribution in [-0.4, -0.2) is 59.1 Å². The Bertz CT molecular complexity index is 1030. The first-order chi connectivity index (χ1) is 13.2. The normalized spacial score (nSPS) is 17.6. The summed E-state index contributed by atoms with van der Waals surface area (Å²) in [6.07, 6.45) is 8.17. The van der Waals surface area contributed by atoms with Crippen LogP contribution in [0, 0.1) is 6.92 Å². The molecule has 0 N–H and O–H groups in total. The van der Waals surface area contributed by atoms with Gasteiger partial charge in [-0.1, -0.05) is 0 Å². The fourth-order valence-corrected chi connectivity index (χ4v) is 3.65. The molecule has 6 nitrogen and oxygen atoms in total. The largest absolute Gasteiger partial charge is 0.488 e. The van der Waals surface area contributed by atoms with Crippen LogP contribution in [0.2, 0.25) is 0 Å². The Balaban J connectivity index is 1.43. The SMILES string of the molecule is Cc1ccn2cc(C3=Cc4cnc(N5CCN(C)CC5)cc4OC3)nc2c1. The standard InChI is InChI=1S/C21H23N5O/c1-15-3-4-26-13-18(23-21(26)9-15)17-10-16-12-22-20(11-19(16)27-14-17)25-7-5-24(2)6-8-25/h3-4,9-13H,5-8,14H2,1-2H3. The number of fused-ring (bicyclic) bond motifs is 2. The lowest BCUT2D eigenvalue weighted by atomic mass is 10.1. The number of ether oxygens (including phenoxy) is 1. The molecule has 0 amide bonds. The van der Waals surface area contributed by atoms with E-state index in [0.717, 1.165) is 60.2 Å². The molecule has 0 unspecified atom stereocenters. The molecular formula is C21H23N5O. The van der Waals surface area contributed by atoms with Crippen molar-refractivity contribution in [3.8, 4) is 5.75 Å². The Hall–Kier alpha value is -2.86. The monoisotopic (exact) mass is 361 g/mol. The second kappa shape index (κ2) is 6.39. The molecule has 1 fully saturated rings. The predicted molar refractivity (Wildman–Crippen MR) is 107 cm³/mol. The van der Waals surface area contributed by atoms with E-state index in [1.807, 2.05) is 16.8 Å². The minimum atomic E-state index is 0.530. The molecule has 0 radical (unpaired) electrons. The third kappa shape index (κ3) is 3.06. The molecule has 0 bridgehead atoms. The summed E-state index contributed by atoms with van der Waals surface area (Å²) in [6, 6.07) is 6.25. The molecule has 3 aromatic rings. The maximum absolute atomic E-state index is 6.07. The number of nitrogens with zero attached hydrogens (tertiary/aromatic N) is 5. The second-order valence-corrected chi connectivity index (χ2v) is 7.42. The number of hydrogen-bond acceptors (Lipinski definition) is 5. The quantitative estimate of drug-likeness (QED) is 0.702. The zero-order valence-electron chi connectivity index (χ0n) is 15.7. The summed E-state index contributed by atoms with van der Waals surface area (Å²) in [6.45, 7) is 6.75. The average molecular weight is 361 g/mol. The lowest BCUT2D eigenvalue weighted by Crippen LogP contribution is -2.44. The maximum Gasteiger partial charge on any atom is 0.137 e. The molecule has 138 valence electrons. The van der Waals surface area contributed by atoms with Gasteiger partial charge in [0.25, 0.3) is 0 Å². The van der Waals surface area contributed by atoms with Crippen molar-refractivity contribution >= 4 is 23.1 Å². The number of likely N-dealkylation sites (N-methyl/N-ethyl adjacent to an activating group) is 1. The summed E-state index contributed by atoms with van der Waals surface area (Å²) in [5, 5.41) is 0. The van der Waals surface area contributed by atoms with Crippen LogP contribution < -0.4 is 9.64 Å². The zero-order valence-corrected chi connectivity index (χ0v) is 15.7. The van der Waals surface area contributed by atoms with Crippen LogP contribution in [0.4, 0.5) is 5.82 Å². The van der Waals surface area contributed by atoms with Gasteiger partial charge in [0.05, 0.1) is 5.69 Å². The number of anilines is 1. The fourth-order valence-electron chi connectivity index (χ4n) is 3.65. The molecule has 1 saturated heterocycles. The first kappa shape index (κ1) is 16.3. The third-order valence-electron chi connectivity index (χ3n) is 5.37. The van der Waals surface area contributed by atoms with Crippen molar-refractivity contribution in [1.29, 1.82) is 0 Å². The van der Waals surface area contributed by atoms with Crippen molar-refractivity contribution in [2.75, 3.05) is 44.7 Å². The van der Waals surface area contributed by atoms with Gasteiger partial charge in [-0.2, -0.15) is 0 Å². The molecule has 0 aliphatic carbocycles. The highest BCUT2D eigenvalue weighted by molar-refractivity contribution is 5.85. The fraction of sp³-hybridized carbons (Fsp3) is 0.333. The highest BCUT2D eigenvalue weighted by atomic mass is 16.5. The Morgan fingerprint density at radius 3 is 2.81 bits per heavy atom. The smallest absolute Gasteiger partial charge is 0.137 e. The molecule has 2 aliphatic rings. The van der Waals surface area contributed by atoms with E-state index in [1.165, 1.54) is 5.56 Å². The van der Waals surface area contributed by atoms with Crippen molar-refractivity contribution in [1.82, 2.24) is 19.3 Å². The minimum absolute atomic E-state index is 0.530. The molecule has 5 heterocycles. The van der Waals surface area contributed by atoms with Gasteiger partial charge in [-0.15, -0.1) is 0 Å². The van der Waals surface area contributed by atoms with Gasteiger partial charge in [0.1, 0.15) is 23.8 Å². The second-order valence-electron chi connectivity index (χ2n) is 7.42. The lowest BCUT2D eigenvalue weighted by Gasteiger charge is -2.33. The molecule has 0 aromatic carbocycles. The van der Waals surface area contributed by atoms with Crippen LogP contribution in [0.15, 0.2) is 36.8 Å². The van der Waals surface area contributed by atoms with Crippen molar-refractivity contribution in [2.45, 2.75) is 6.92 Å². The number of pyridine rings is 2. The zero-order chi connectivity index (χ0) is 18.4. The van der Waals surface area contributed by atoms with Crippen molar-refractivity contribution < 1.29 is 4.74 Å². The van der Waals surface area contributed by atoms with Gasteiger partial charge in [-0.3, -0.25) is 0 Å². The number of aromatic nitrogens is 3. The number of hydrogen-bond donors (Lipinski definition) is 0. The van der Waals surface area contributed by atoms with Crippen LogP contribution >= 0.6 is 0 Å². The van der Waals surface area contributed by atoms with E-state index < -0.39 is 0 Å². The number of piperazine rings is 1. The highest BCUT2D eigenvalue weighted by Gasteiger charge is 2.20. The Morgan fingerprint density at radius 2 is 1.96 bits per heavy atom. The molecule has 6 heteroatoms. The van der Waals surface area contributed by atoms with Gasteiger partial charge in [0.2, 0.25) is 0 Å². The van der Waals surface area contributed by atoms with Crippen LogP contribution in [0.5, 0.6) is 5.75 Å². The summed E-state index contributed by atoms with van der Waals surface area (Å²) >= 11 is 0. The first-order valence-corrected chi connectivity index (χ1v) is 9.38. The van der Waals surface area contributed by atoms with Gasteiger partial charge in [-0.05, 0) is 37.7 Å². The molecule has 0 spiro atoms. The first-order valence-electron chi connectivity index (χ1n) is 9.38. The summed E-state index contributed by atoms with van der Waals surface area (Å²) in [5.74, 6) is 1.91. The van der Waals surface area contributed by atoms with Gasteiger partial charge in [-0.25, -0.2) is 9.97 Å². The molecule has 2 aliphatic heterocycles. The highest BCUT2D eigenvalue weighted by Crippen LogP contribution is 2.32. The molecule has 27 heavy (non-hydrogen) atoms. The summed E-state index contributed by atoms with van der Waals surface area (Å²) < 4.78 is 8.12. The van der Waals surface area contributed by atoms with Crippen LogP contribution in [0.3, 0.4) is 0 Å². The van der Waals surface area contributed by atoms with E-state index in [2.05, 4.69) is 59.2 Å². The Kier molecular flexibility index (Phi) is 3.86. The summed E-state index contributed by atoms with van der Waals surface area (Å²) in [5.41, 5.74) is 5.22. The summed E-state index contributed by atoms with van der Waals surface area (Å²) in [7, 11) is 2.16. The summed E-state index contributed by atoms with van der Waals surface area (Å²) in [4.78, 5) is 14.1. The van der Waals surface area contributed by atoms with Crippen LogP contribution in [-0.2, 0) is 0 Å². The number of imidazole rings is 1. The van der Waals surface area contributed by atoms with E-state index in [9.17, 15) is 0 Å². The van der Waals surface area contributed by atoms with Gasteiger partial charge < -0.3 is 18.9 Å². The Morgan fingerprint density at radius 1 is 1.11 bits per heavy atom. The van der Waals surface area contributed by atoms with E-state index in [-0.39, 0.29) is 0 Å². The van der Waals surface area contributed by atoms with Crippen molar-refractivity contribution in [3.63, 3.8) is 0 Å². The molecule has 0 atom stereocenters. The van der Waals surface area contributed by atoms with Crippen LogP contribution in [0.1, 0.15) is 16.8 Å². The maximum atomic E-state index is 6.07. The number of rotatable bonds is 2. The van der Waals surface area contributed by atoms with Crippen molar-refractivity contribution in [2.24, 2.45) is 0 Å². The minimum Gasteiger partial charge on any atom is -0.488 e. The van der Waals surface area contributed by atoms with E-state index in [1.54, 1.807) is 0 Å². The predicted octanol–water partition coefficient (Wildman–Crippen LogP) is 2.72. The molecular weight excluding hydrogens is 338 g/mol. The van der Waals surface area contributed by atoms with Crippen LogP contribution in [0.25, 0.3) is 17.3 Å². The van der Waals surface area contributed by atoms with E-state index >= 15 is 0 Å². The van der Waals surface area contributed by atoms with Gasteiger partial charge in [0.15, 0.2) is 0 Å². The van der Waals surface area contributed by atoms with Gasteiger partial charge in [0, 0.05) is 62.0 Å². The van der Waals surface area contributed by atoms with Crippen molar-refractivity contribution in [3.05, 3.63) is 53.6 Å². The molecule has 5 rings (SSSR count). The Labute approximate surface area is 158 Å². The lowest BCUT2D eigenvalue weighted by molar-refractivity contribution is 0.311.